The Balaban J connectivity index is 0.000000165. The van der Waals surface area contributed by atoms with Crippen LogP contribution in [0.25, 0.3) is 0 Å². The highest BCUT2D eigenvalue weighted by atomic mass is 16.4. The SMILES string of the molecule is C1C[NH2+]1.C1C[NH2+]1.O=C([O-])C(=O)[O-]. The Morgan fingerprint density at radius 3 is 1.00 bits per heavy atom. The molecule has 12 heavy (non-hydrogen) atoms. The van der Waals surface area contributed by atoms with Gasteiger partial charge in [0.25, 0.3) is 0 Å². The van der Waals surface area contributed by atoms with Crippen LogP contribution in [-0.4, -0.2) is 38.1 Å². The van der Waals surface area contributed by atoms with Gasteiger partial charge >= 0.3 is 0 Å². The molecular weight excluding hydrogens is 164 g/mol. The van der Waals surface area contributed by atoms with Crippen molar-refractivity contribution in [2.45, 2.75) is 0 Å². The lowest BCUT2D eigenvalue weighted by atomic mass is 10.7. The van der Waals surface area contributed by atoms with Crippen molar-refractivity contribution in [1.29, 1.82) is 0 Å². The Morgan fingerprint density at radius 2 is 1.00 bits per heavy atom. The molecular formula is C6H12N2O4. The first-order valence-electron chi connectivity index (χ1n) is 3.70. The summed E-state index contributed by atoms with van der Waals surface area (Å²) >= 11 is 0. The minimum Gasteiger partial charge on any atom is -0.543 e. The molecule has 6 nitrogen and oxygen atoms in total. The summed E-state index contributed by atoms with van der Waals surface area (Å²) in [5.74, 6) is -4.37. The van der Waals surface area contributed by atoms with Crippen LogP contribution in [0, 0.1) is 0 Å². The molecule has 2 rings (SSSR count). The zero-order valence-electron chi connectivity index (χ0n) is 6.62. The number of carbonyl (C=O) groups is 2. The fraction of sp³-hybridized carbons (Fsp3) is 0.667. The fourth-order valence-electron chi connectivity index (χ4n) is 0. The number of carboxylic acids is 2. The van der Waals surface area contributed by atoms with Crippen LogP contribution in [0.15, 0.2) is 0 Å². The summed E-state index contributed by atoms with van der Waals surface area (Å²) < 4.78 is 0. The maximum atomic E-state index is 8.93. The molecule has 2 saturated heterocycles. The van der Waals surface area contributed by atoms with Gasteiger partial charge in [0, 0.05) is 0 Å². The van der Waals surface area contributed by atoms with Crippen LogP contribution in [0.3, 0.4) is 0 Å². The van der Waals surface area contributed by atoms with Crippen molar-refractivity contribution in [1.82, 2.24) is 0 Å². The number of nitrogens with two attached hydrogens (primary N) is 2. The van der Waals surface area contributed by atoms with Crippen LogP contribution in [0.5, 0.6) is 0 Å². The summed E-state index contributed by atoms with van der Waals surface area (Å²) in [6.07, 6.45) is 0. The largest absolute Gasteiger partial charge is 0.543 e. The monoisotopic (exact) mass is 176 g/mol. The van der Waals surface area contributed by atoms with E-state index < -0.39 is 11.9 Å². The van der Waals surface area contributed by atoms with Gasteiger partial charge in [-0.1, -0.05) is 0 Å². The molecule has 2 fully saturated rings. The molecule has 0 aromatic heterocycles. The first kappa shape index (κ1) is 10.9. The topological polar surface area (TPSA) is 113 Å². The van der Waals surface area contributed by atoms with Crippen LogP contribution in [0.1, 0.15) is 0 Å². The molecule has 0 spiro atoms. The van der Waals surface area contributed by atoms with E-state index in [9.17, 15) is 0 Å². The first-order chi connectivity index (χ1) is 5.64. The van der Waals surface area contributed by atoms with E-state index in [1.807, 2.05) is 0 Å². The molecule has 2 aliphatic rings. The standard InChI is InChI=1S/2C2H5N.C2H2O4/c2*1-2-3-1;3-1(4)2(5)6/h2*3H,1-2H2;(H,3,4)(H,5,6). The van der Waals surface area contributed by atoms with E-state index in [2.05, 4.69) is 10.6 Å². The molecule has 2 heterocycles. The maximum absolute atomic E-state index is 8.93. The van der Waals surface area contributed by atoms with Crippen molar-refractivity contribution in [2.75, 3.05) is 26.2 Å². The van der Waals surface area contributed by atoms with E-state index in [-0.39, 0.29) is 0 Å². The zero-order chi connectivity index (χ0) is 9.40. The van der Waals surface area contributed by atoms with Crippen LogP contribution in [0.4, 0.5) is 0 Å². The second-order valence-corrected chi connectivity index (χ2v) is 2.31. The summed E-state index contributed by atoms with van der Waals surface area (Å²) in [5.41, 5.74) is 0. The van der Waals surface area contributed by atoms with E-state index in [1.54, 1.807) is 0 Å². The number of carbonyl (C=O) groups excluding carboxylic acids is 2. The predicted molar refractivity (Wildman–Crippen MR) is 33.3 cm³/mol. The van der Waals surface area contributed by atoms with E-state index in [0.29, 0.717) is 0 Å². The van der Waals surface area contributed by atoms with Crippen molar-refractivity contribution in [3.8, 4) is 0 Å². The highest BCUT2D eigenvalue weighted by Crippen LogP contribution is 1.41. The second-order valence-electron chi connectivity index (χ2n) is 2.31. The van der Waals surface area contributed by atoms with E-state index in [0.717, 1.165) is 0 Å². The number of hydrogen-bond donors (Lipinski definition) is 2. The fourth-order valence-corrected chi connectivity index (χ4v) is 0. The average molecular weight is 176 g/mol. The number of aliphatic carboxylic acids is 2. The number of quaternary nitrogens is 2. The van der Waals surface area contributed by atoms with Crippen LogP contribution >= 0.6 is 0 Å². The van der Waals surface area contributed by atoms with Crippen molar-refractivity contribution in [3.05, 3.63) is 0 Å². The summed E-state index contributed by atoms with van der Waals surface area (Å²) in [4.78, 5) is 17.9. The Kier molecular flexibility index (Phi) is 5.94. The van der Waals surface area contributed by atoms with Gasteiger partial charge in [-0.3, -0.25) is 0 Å². The lowest BCUT2D eigenvalue weighted by Gasteiger charge is -1.97. The molecule has 6 heteroatoms. The molecule has 0 saturated carbocycles. The Bertz CT molecular complexity index is 132. The quantitative estimate of drug-likeness (QED) is 0.282. The van der Waals surface area contributed by atoms with Gasteiger partial charge in [0.1, 0.15) is 26.2 Å². The molecule has 0 amide bonds. The van der Waals surface area contributed by atoms with Gasteiger partial charge in [0.05, 0.1) is 11.9 Å². The Labute approximate surface area is 69.6 Å². The zero-order valence-corrected chi connectivity index (χ0v) is 6.62. The van der Waals surface area contributed by atoms with Crippen molar-refractivity contribution >= 4 is 11.9 Å². The molecule has 0 atom stereocenters. The molecule has 0 aromatic carbocycles. The first-order valence-corrected chi connectivity index (χ1v) is 3.70. The molecule has 0 aliphatic carbocycles. The van der Waals surface area contributed by atoms with Gasteiger partial charge in [-0.25, -0.2) is 0 Å². The summed E-state index contributed by atoms with van der Waals surface area (Å²) in [6, 6.07) is 0. The molecule has 0 radical (unpaired) electrons. The van der Waals surface area contributed by atoms with Crippen molar-refractivity contribution in [2.24, 2.45) is 0 Å². The third-order valence-electron chi connectivity index (χ3n) is 0.744. The van der Waals surface area contributed by atoms with Crippen molar-refractivity contribution in [3.63, 3.8) is 0 Å². The minimum atomic E-state index is -2.19. The van der Waals surface area contributed by atoms with Crippen molar-refractivity contribution < 1.29 is 30.4 Å². The van der Waals surface area contributed by atoms with Gasteiger partial charge < -0.3 is 30.4 Å². The number of carboxylic acid groups (broad SMARTS) is 2. The van der Waals surface area contributed by atoms with E-state index in [4.69, 9.17) is 19.8 Å². The number of hydrogen-bond acceptors (Lipinski definition) is 4. The van der Waals surface area contributed by atoms with E-state index in [1.165, 1.54) is 26.2 Å². The third-order valence-corrected chi connectivity index (χ3v) is 0.744. The normalized spacial score (nSPS) is 15.7. The Hall–Kier alpha value is -1.14. The summed E-state index contributed by atoms with van der Waals surface area (Å²) in [7, 11) is 0. The second kappa shape index (κ2) is 6.56. The molecule has 70 valence electrons. The van der Waals surface area contributed by atoms with Gasteiger partial charge in [-0.05, 0) is 0 Å². The molecule has 0 unspecified atom stereocenters. The van der Waals surface area contributed by atoms with Crippen LogP contribution in [0.2, 0.25) is 0 Å². The molecule has 0 aromatic rings. The minimum absolute atomic E-state index is 1.38. The van der Waals surface area contributed by atoms with Gasteiger partial charge in [-0.15, -0.1) is 0 Å². The third kappa shape index (κ3) is 23.2. The number of rotatable bonds is 0. The summed E-state index contributed by atoms with van der Waals surface area (Å²) in [6.45, 7) is 5.50. The molecule has 4 N–H and O–H groups in total. The van der Waals surface area contributed by atoms with Gasteiger partial charge in [-0.2, -0.15) is 0 Å². The lowest BCUT2D eigenvalue weighted by Crippen LogP contribution is -2.55. The average Bonchev–Trinajstić information content (AvgIpc) is 2.83. The predicted octanol–water partition coefficient (Wildman–Crippen LogP) is -6.39. The summed E-state index contributed by atoms with van der Waals surface area (Å²) in [5, 5.41) is 22.4. The highest BCUT2D eigenvalue weighted by molar-refractivity contribution is 6.25. The van der Waals surface area contributed by atoms with E-state index >= 15 is 0 Å². The lowest BCUT2D eigenvalue weighted by molar-refractivity contribution is -0.473. The van der Waals surface area contributed by atoms with Gasteiger partial charge in [0.15, 0.2) is 0 Å². The Morgan fingerprint density at radius 1 is 0.833 bits per heavy atom. The van der Waals surface area contributed by atoms with Crippen LogP contribution < -0.4 is 20.8 Å². The van der Waals surface area contributed by atoms with Crippen LogP contribution in [-0.2, 0) is 9.59 Å². The highest BCUT2D eigenvalue weighted by Gasteiger charge is 1.99. The molecule has 2 aliphatic heterocycles. The maximum Gasteiger partial charge on any atom is 0.125 e. The molecule has 0 bridgehead atoms. The smallest absolute Gasteiger partial charge is 0.125 e. The van der Waals surface area contributed by atoms with Gasteiger partial charge in [0.2, 0.25) is 0 Å².